The molecule has 2 aromatic carbocycles. The Labute approximate surface area is 163 Å². The van der Waals surface area contributed by atoms with Crippen LogP contribution in [-0.4, -0.2) is 23.8 Å². The number of carbonyl (C=O) groups is 1. The normalized spacial score (nSPS) is 11.5. The lowest BCUT2D eigenvalue weighted by Crippen LogP contribution is -2.26. The van der Waals surface area contributed by atoms with Gasteiger partial charge in [0.05, 0.1) is 6.54 Å². The first-order valence-electron chi connectivity index (χ1n) is 7.87. The number of ketones is 1. The summed E-state index contributed by atoms with van der Waals surface area (Å²) in [5, 5.41) is 8.74. The average Bonchev–Trinajstić information content (AvgIpc) is 2.98. The van der Waals surface area contributed by atoms with E-state index < -0.39 is 3.23 Å². The summed E-state index contributed by atoms with van der Waals surface area (Å²) in [7, 11) is 0. The van der Waals surface area contributed by atoms with E-state index in [1.165, 1.54) is 0 Å². The molecule has 0 fully saturated rings. The van der Waals surface area contributed by atoms with Gasteiger partial charge in [-0.1, -0.05) is 92.5 Å². The van der Waals surface area contributed by atoms with Crippen molar-refractivity contribution in [3.8, 4) is 11.4 Å². The molecule has 0 saturated heterocycles. The minimum absolute atomic E-state index is 0.0111. The van der Waals surface area contributed by atoms with Crippen LogP contribution in [0.25, 0.3) is 11.4 Å². The zero-order valence-corrected chi connectivity index (χ0v) is 16.9. The number of carbonyl (C=O) groups excluding carboxylic acids is 1. The van der Waals surface area contributed by atoms with E-state index in [4.69, 9.17) is 0 Å². The Morgan fingerprint density at radius 3 is 2.20 bits per heavy atom. The fourth-order valence-electron chi connectivity index (χ4n) is 2.52. The molecule has 6 heteroatoms. The lowest BCUT2D eigenvalue weighted by atomic mass is 10.1. The standard InChI is InChI=1S/C19H17Br2N3O/c1-14(25)19(20,21)12-17-22-23-18(16-10-6-3-7-11-16)24(17)13-15-8-4-2-5-9-15/h2-11H,12-13H2,1H3. The van der Waals surface area contributed by atoms with Crippen LogP contribution in [0.15, 0.2) is 60.7 Å². The van der Waals surface area contributed by atoms with Crippen LogP contribution >= 0.6 is 31.9 Å². The highest BCUT2D eigenvalue weighted by atomic mass is 79.9. The van der Waals surface area contributed by atoms with Gasteiger partial charge in [-0.15, -0.1) is 10.2 Å². The van der Waals surface area contributed by atoms with Gasteiger partial charge in [0.15, 0.2) is 11.6 Å². The second-order valence-corrected chi connectivity index (χ2v) is 9.59. The Morgan fingerprint density at radius 1 is 1.00 bits per heavy atom. The third-order valence-corrected chi connectivity index (χ3v) is 5.62. The van der Waals surface area contributed by atoms with Crippen LogP contribution in [0.4, 0.5) is 0 Å². The van der Waals surface area contributed by atoms with E-state index in [1.54, 1.807) is 6.92 Å². The van der Waals surface area contributed by atoms with Crippen LogP contribution in [0.5, 0.6) is 0 Å². The molecule has 0 amide bonds. The zero-order valence-electron chi connectivity index (χ0n) is 13.7. The Hall–Kier alpha value is -1.79. The topological polar surface area (TPSA) is 47.8 Å². The summed E-state index contributed by atoms with van der Waals surface area (Å²) in [6.07, 6.45) is 0.398. The molecule has 0 bridgehead atoms. The van der Waals surface area contributed by atoms with E-state index in [0.29, 0.717) is 13.0 Å². The molecule has 4 nitrogen and oxygen atoms in total. The number of aromatic nitrogens is 3. The first kappa shape index (κ1) is 18.0. The third kappa shape index (κ3) is 4.25. The Kier molecular flexibility index (Phi) is 5.49. The monoisotopic (exact) mass is 461 g/mol. The molecule has 0 unspecified atom stereocenters. The Morgan fingerprint density at radius 2 is 1.60 bits per heavy atom. The molecule has 128 valence electrons. The van der Waals surface area contributed by atoms with Crippen molar-refractivity contribution in [1.29, 1.82) is 0 Å². The van der Waals surface area contributed by atoms with Crippen molar-refractivity contribution in [2.75, 3.05) is 0 Å². The number of halogens is 2. The molecule has 0 atom stereocenters. The minimum atomic E-state index is -0.838. The van der Waals surface area contributed by atoms with Crippen molar-refractivity contribution in [3.05, 3.63) is 72.1 Å². The highest BCUT2D eigenvalue weighted by Gasteiger charge is 2.32. The number of hydrogen-bond acceptors (Lipinski definition) is 3. The van der Waals surface area contributed by atoms with Crippen LogP contribution in [0, 0.1) is 0 Å². The first-order valence-corrected chi connectivity index (χ1v) is 9.46. The molecule has 0 aliphatic carbocycles. The number of hydrogen-bond donors (Lipinski definition) is 0. The fraction of sp³-hybridized carbons (Fsp3) is 0.211. The highest BCUT2D eigenvalue weighted by Crippen LogP contribution is 2.32. The Balaban J connectivity index is 2.03. The van der Waals surface area contributed by atoms with Crippen LogP contribution in [0.2, 0.25) is 0 Å². The summed E-state index contributed by atoms with van der Waals surface area (Å²) >= 11 is 6.91. The van der Waals surface area contributed by atoms with Crippen LogP contribution in [0.3, 0.4) is 0 Å². The van der Waals surface area contributed by atoms with Crippen molar-refractivity contribution in [3.63, 3.8) is 0 Å². The van der Waals surface area contributed by atoms with E-state index in [9.17, 15) is 4.79 Å². The van der Waals surface area contributed by atoms with E-state index in [1.807, 2.05) is 48.5 Å². The molecular formula is C19H17Br2N3O. The lowest BCUT2D eigenvalue weighted by Gasteiger charge is -2.17. The highest BCUT2D eigenvalue weighted by molar-refractivity contribution is 9.25. The van der Waals surface area contributed by atoms with Crippen molar-refractivity contribution in [2.24, 2.45) is 0 Å². The van der Waals surface area contributed by atoms with Crippen LogP contribution in [0.1, 0.15) is 18.3 Å². The minimum Gasteiger partial charge on any atom is -0.306 e. The van der Waals surface area contributed by atoms with Crippen molar-refractivity contribution < 1.29 is 4.79 Å². The van der Waals surface area contributed by atoms with E-state index in [0.717, 1.165) is 22.8 Å². The third-order valence-electron chi connectivity index (χ3n) is 3.94. The van der Waals surface area contributed by atoms with E-state index >= 15 is 0 Å². The van der Waals surface area contributed by atoms with Crippen molar-refractivity contribution in [1.82, 2.24) is 14.8 Å². The van der Waals surface area contributed by atoms with Gasteiger partial charge in [0.2, 0.25) is 0 Å². The quantitative estimate of drug-likeness (QED) is 0.502. The van der Waals surface area contributed by atoms with Crippen LogP contribution < -0.4 is 0 Å². The molecule has 1 aromatic heterocycles. The maximum absolute atomic E-state index is 11.9. The molecule has 3 rings (SSSR count). The number of rotatable bonds is 6. The summed E-state index contributed by atoms with van der Waals surface area (Å²) < 4.78 is 1.22. The molecule has 1 heterocycles. The summed E-state index contributed by atoms with van der Waals surface area (Å²) in [6.45, 7) is 2.18. The maximum Gasteiger partial charge on any atom is 0.164 e. The molecule has 0 aliphatic heterocycles. The second-order valence-electron chi connectivity index (χ2n) is 5.82. The smallest absolute Gasteiger partial charge is 0.164 e. The van der Waals surface area contributed by atoms with Crippen LogP contribution in [-0.2, 0) is 17.8 Å². The molecule has 0 spiro atoms. The molecule has 0 aliphatic rings. The van der Waals surface area contributed by atoms with Crippen molar-refractivity contribution >= 4 is 37.6 Å². The molecule has 25 heavy (non-hydrogen) atoms. The summed E-state index contributed by atoms with van der Waals surface area (Å²) in [5.41, 5.74) is 2.15. The fourth-order valence-corrected chi connectivity index (χ4v) is 3.02. The molecule has 0 saturated carbocycles. The van der Waals surface area contributed by atoms with Gasteiger partial charge in [-0.2, -0.15) is 0 Å². The summed E-state index contributed by atoms with van der Waals surface area (Å²) in [4.78, 5) is 11.9. The second kappa shape index (κ2) is 7.62. The van der Waals surface area contributed by atoms with Gasteiger partial charge in [0, 0.05) is 12.0 Å². The van der Waals surface area contributed by atoms with Gasteiger partial charge in [0.1, 0.15) is 9.06 Å². The molecular weight excluding hydrogens is 446 g/mol. The van der Waals surface area contributed by atoms with Gasteiger partial charge in [-0.25, -0.2) is 0 Å². The van der Waals surface area contributed by atoms with E-state index in [-0.39, 0.29) is 5.78 Å². The lowest BCUT2D eigenvalue weighted by molar-refractivity contribution is -0.117. The molecule has 0 radical (unpaired) electrons. The number of alkyl halides is 2. The van der Waals surface area contributed by atoms with Gasteiger partial charge in [-0.05, 0) is 12.5 Å². The van der Waals surface area contributed by atoms with Gasteiger partial charge >= 0.3 is 0 Å². The molecule has 3 aromatic rings. The maximum atomic E-state index is 11.9. The molecule has 0 N–H and O–H groups in total. The number of nitrogens with zero attached hydrogens (tertiary/aromatic N) is 3. The van der Waals surface area contributed by atoms with Gasteiger partial charge < -0.3 is 4.57 Å². The van der Waals surface area contributed by atoms with Crippen molar-refractivity contribution in [2.45, 2.75) is 23.1 Å². The predicted octanol–water partition coefficient (Wildman–Crippen LogP) is 4.61. The summed E-state index contributed by atoms with van der Waals surface area (Å²) in [6, 6.07) is 20.1. The predicted molar refractivity (Wildman–Crippen MR) is 106 cm³/mol. The Bertz CT molecular complexity index is 861. The largest absolute Gasteiger partial charge is 0.306 e. The zero-order chi connectivity index (χ0) is 17.9. The van der Waals surface area contributed by atoms with Gasteiger partial charge in [-0.3, -0.25) is 4.79 Å². The summed E-state index contributed by atoms with van der Waals surface area (Å²) in [5.74, 6) is 1.52. The first-order chi connectivity index (χ1) is 12.0. The number of benzene rings is 2. The SMILES string of the molecule is CC(=O)C(Br)(Br)Cc1nnc(-c2ccccc2)n1Cc1ccccc1. The van der Waals surface area contributed by atoms with E-state index in [2.05, 4.69) is 58.8 Å². The number of Topliss-reactive ketones (excluding diaryl/α,β-unsaturated/α-hetero) is 1. The average molecular weight is 463 g/mol. The van der Waals surface area contributed by atoms with Gasteiger partial charge in [0.25, 0.3) is 0 Å².